The number of anilines is 1. The Kier molecular flexibility index (Phi) is 3.20. The van der Waals surface area contributed by atoms with Gasteiger partial charge in [-0.2, -0.15) is 0 Å². The quantitative estimate of drug-likeness (QED) is 0.888. The molecular weight excluding hydrogens is 234 g/mol. The Balaban J connectivity index is 2.08. The SMILES string of the molecule is Cc1c(N)nc(C2CCCC2)nc1-c1ccccc1. The third-order valence-corrected chi connectivity index (χ3v) is 3.97. The van der Waals surface area contributed by atoms with E-state index in [2.05, 4.69) is 17.1 Å². The third-order valence-electron chi connectivity index (χ3n) is 3.97. The molecule has 0 aliphatic heterocycles. The molecule has 0 spiro atoms. The van der Waals surface area contributed by atoms with Gasteiger partial charge in [0.1, 0.15) is 11.6 Å². The standard InChI is InChI=1S/C16H19N3/c1-11-14(12-7-3-2-4-8-12)18-16(19-15(11)17)13-9-5-6-10-13/h2-4,7-8,13H,5-6,9-10H2,1H3,(H2,17,18,19). The molecular formula is C16H19N3. The first-order chi connectivity index (χ1) is 9.25. The van der Waals surface area contributed by atoms with Crippen LogP contribution >= 0.6 is 0 Å². The molecule has 1 saturated carbocycles. The van der Waals surface area contributed by atoms with E-state index in [-0.39, 0.29) is 0 Å². The Bertz CT molecular complexity index is 572. The minimum absolute atomic E-state index is 0.491. The molecule has 2 aromatic rings. The first-order valence-electron chi connectivity index (χ1n) is 6.95. The summed E-state index contributed by atoms with van der Waals surface area (Å²) < 4.78 is 0. The molecule has 3 heteroatoms. The average molecular weight is 253 g/mol. The fourth-order valence-corrected chi connectivity index (χ4v) is 2.80. The lowest BCUT2D eigenvalue weighted by atomic mass is 10.0. The highest BCUT2D eigenvalue weighted by Gasteiger charge is 2.22. The maximum Gasteiger partial charge on any atom is 0.134 e. The maximum atomic E-state index is 6.08. The van der Waals surface area contributed by atoms with Crippen molar-refractivity contribution >= 4 is 5.82 Å². The monoisotopic (exact) mass is 253 g/mol. The highest BCUT2D eigenvalue weighted by molar-refractivity contribution is 5.67. The lowest BCUT2D eigenvalue weighted by Gasteiger charge is -2.13. The van der Waals surface area contributed by atoms with E-state index in [1.807, 2.05) is 25.1 Å². The molecule has 0 atom stereocenters. The van der Waals surface area contributed by atoms with Crippen molar-refractivity contribution in [3.05, 3.63) is 41.7 Å². The molecule has 3 rings (SSSR count). The van der Waals surface area contributed by atoms with E-state index in [9.17, 15) is 0 Å². The molecule has 1 aromatic heterocycles. The zero-order chi connectivity index (χ0) is 13.2. The van der Waals surface area contributed by atoms with Crippen LogP contribution < -0.4 is 5.73 Å². The van der Waals surface area contributed by atoms with Crippen LogP contribution in [0.25, 0.3) is 11.3 Å². The van der Waals surface area contributed by atoms with Gasteiger partial charge in [0.2, 0.25) is 0 Å². The maximum absolute atomic E-state index is 6.08. The largest absolute Gasteiger partial charge is 0.383 e. The van der Waals surface area contributed by atoms with Gasteiger partial charge in [0.25, 0.3) is 0 Å². The van der Waals surface area contributed by atoms with Crippen LogP contribution in [0.2, 0.25) is 0 Å². The van der Waals surface area contributed by atoms with E-state index in [1.54, 1.807) is 0 Å². The van der Waals surface area contributed by atoms with Crippen molar-refractivity contribution in [3.8, 4) is 11.3 Å². The number of nitrogens with zero attached hydrogens (tertiary/aromatic N) is 2. The zero-order valence-electron chi connectivity index (χ0n) is 11.3. The predicted octanol–water partition coefficient (Wildman–Crippen LogP) is 3.69. The van der Waals surface area contributed by atoms with Gasteiger partial charge in [-0.15, -0.1) is 0 Å². The van der Waals surface area contributed by atoms with Crippen LogP contribution in [-0.2, 0) is 0 Å². The van der Waals surface area contributed by atoms with Gasteiger partial charge in [-0.05, 0) is 19.8 Å². The van der Waals surface area contributed by atoms with Gasteiger partial charge in [0, 0.05) is 17.0 Å². The van der Waals surface area contributed by atoms with E-state index >= 15 is 0 Å². The number of nitrogen functional groups attached to an aromatic ring is 1. The van der Waals surface area contributed by atoms with Crippen LogP contribution in [0.1, 0.15) is 43.0 Å². The summed E-state index contributed by atoms with van der Waals surface area (Å²) in [6, 6.07) is 10.2. The Morgan fingerprint density at radius 3 is 2.42 bits per heavy atom. The summed E-state index contributed by atoms with van der Waals surface area (Å²) in [6.07, 6.45) is 4.94. The minimum Gasteiger partial charge on any atom is -0.383 e. The van der Waals surface area contributed by atoms with E-state index < -0.39 is 0 Å². The normalized spacial score (nSPS) is 15.8. The molecule has 1 heterocycles. The summed E-state index contributed by atoms with van der Waals surface area (Å²) in [5, 5.41) is 0. The fraction of sp³-hybridized carbons (Fsp3) is 0.375. The van der Waals surface area contributed by atoms with Crippen LogP contribution in [0.3, 0.4) is 0 Å². The molecule has 3 nitrogen and oxygen atoms in total. The second kappa shape index (κ2) is 5.00. The summed E-state index contributed by atoms with van der Waals surface area (Å²) in [5.41, 5.74) is 9.16. The highest BCUT2D eigenvalue weighted by atomic mass is 15.0. The smallest absolute Gasteiger partial charge is 0.134 e. The topological polar surface area (TPSA) is 51.8 Å². The van der Waals surface area contributed by atoms with Gasteiger partial charge in [-0.1, -0.05) is 43.2 Å². The van der Waals surface area contributed by atoms with Gasteiger partial charge in [-0.3, -0.25) is 0 Å². The van der Waals surface area contributed by atoms with Crippen molar-refractivity contribution in [2.24, 2.45) is 0 Å². The van der Waals surface area contributed by atoms with E-state index in [0.717, 1.165) is 22.6 Å². The first kappa shape index (κ1) is 12.2. The van der Waals surface area contributed by atoms with Crippen LogP contribution in [0.15, 0.2) is 30.3 Å². The third kappa shape index (κ3) is 2.33. The number of hydrogen-bond donors (Lipinski definition) is 1. The second-order valence-electron chi connectivity index (χ2n) is 5.29. The van der Waals surface area contributed by atoms with Crippen molar-refractivity contribution < 1.29 is 0 Å². The molecule has 0 unspecified atom stereocenters. The second-order valence-corrected chi connectivity index (χ2v) is 5.29. The number of rotatable bonds is 2. The van der Waals surface area contributed by atoms with Crippen LogP contribution in [0.4, 0.5) is 5.82 Å². The summed E-state index contributed by atoms with van der Waals surface area (Å²) in [4.78, 5) is 9.30. The summed E-state index contributed by atoms with van der Waals surface area (Å²) in [5.74, 6) is 2.04. The van der Waals surface area contributed by atoms with Crippen molar-refractivity contribution in [1.29, 1.82) is 0 Å². The van der Waals surface area contributed by atoms with Crippen LogP contribution in [0, 0.1) is 6.92 Å². The van der Waals surface area contributed by atoms with Gasteiger partial charge >= 0.3 is 0 Å². The van der Waals surface area contributed by atoms with Crippen molar-refractivity contribution in [2.75, 3.05) is 5.73 Å². The molecule has 2 N–H and O–H groups in total. The molecule has 98 valence electrons. The Morgan fingerprint density at radius 1 is 1.05 bits per heavy atom. The number of aromatic nitrogens is 2. The van der Waals surface area contributed by atoms with Gasteiger partial charge in [-0.25, -0.2) is 9.97 Å². The molecule has 0 saturated heterocycles. The highest BCUT2D eigenvalue weighted by Crippen LogP contribution is 2.34. The fourth-order valence-electron chi connectivity index (χ4n) is 2.80. The molecule has 1 fully saturated rings. The van der Waals surface area contributed by atoms with Gasteiger partial charge in [0.15, 0.2) is 0 Å². The number of hydrogen-bond acceptors (Lipinski definition) is 3. The Hall–Kier alpha value is -1.90. The molecule has 1 aliphatic carbocycles. The van der Waals surface area contributed by atoms with E-state index in [1.165, 1.54) is 25.7 Å². The molecule has 19 heavy (non-hydrogen) atoms. The minimum atomic E-state index is 0.491. The van der Waals surface area contributed by atoms with Crippen LogP contribution in [0.5, 0.6) is 0 Å². The average Bonchev–Trinajstić information content (AvgIpc) is 2.97. The van der Waals surface area contributed by atoms with E-state index in [4.69, 9.17) is 10.7 Å². The molecule has 0 radical (unpaired) electrons. The van der Waals surface area contributed by atoms with Crippen molar-refractivity contribution in [1.82, 2.24) is 9.97 Å². The Labute approximate surface area is 113 Å². The Morgan fingerprint density at radius 2 is 1.74 bits per heavy atom. The summed E-state index contributed by atoms with van der Waals surface area (Å²) in [7, 11) is 0. The zero-order valence-corrected chi connectivity index (χ0v) is 11.3. The van der Waals surface area contributed by atoms with Crippen molar-refractivity contribution in [2.45, 2.75) is 38.5 Å². The van der Waals surface area contributed by atoms with Gasteiger partial charge in [0.05, 0.1) is 5.69 Å². The van der Waals surface area contributed by atoms with Crippen LogP contribution in [-0.4, -0.2) is 9.97 Å². The summed E-state index contributed by atoms with van der Waals surface area (Å²) in [6.45, 7) is 2.00. The van der Waals surface area contributed by atoms with Crippen molar-refractivity contribution in [3.63, 3.8) is 0 Å². The molecule has 1 aromatic carbocycles. The number of benzene rings is 1. The van der Waals surface area contributed by atoms with E-state index in [0.29, 0.717) is 11.7 Å². The number of nitrogens with two attached hydrogens (primary N) is 1. The molecule has 1 aliphatic rings. The van der Waals surface area contributed by atoms with Gasteiger partial charge < -0.3 is 5.73 Å². The first-order valence-corrected chi connectivity index (χ1v) is 6.95. The molecule has 0 amide bonds. The summed E-state index contributed by atoms with van der Waals surface area (Å²) >= 11 is 0. The lowest BCUT2D eigenvalue weighted by Crippen LogP contribution is -2.07. The molecule has 0 bridgehead atoms. The lowest BCUT2D eigenvalue weighted by molar-refractivity contribution is 0.669. The predicted molar refractivity (Wildman–Crippen MR) is 77.8 cm³/mol.